The number of carboxylic acid groups (broad SMARTS) is 1. The number of aryl methyl sites for hydroxylation is 1. The zero-order valence-corrected chi connectivity index (χ0v) is 12.0. The number of hydrogen-bond acceptors (Lipinski definition) is 4. The Hall–Kier alpha value is -1.88. The van der Waals surface area contributed by atoms with E-state index in [1.54, 1.807) is 6.07 Å². The Morgan fingerprint density at radius 2 is 2.20 bits per heavy atom. The van der Waals surface area contributed by atoms with Crippen LogP contribution < -0.4 is 4.74 Å². The number of hydrogen-bond donors (Lipinski definition) is 1. The summed E-state index contributed by atoms with van der Waals surface area (Å²) in [5.41, 5.74) is 1.17. The highest BCUT2D eigenvalue weighted by atomic mass is 32.2. The lowest BCUT2D eigenvalue weighted by atomic mass is 10.2. The molecule has 5 heteroatoms. The van der Waals surface area contributed by atoms with Crippen LogP contribution in [0.1, 0.15) is 22.5 Å². The van der Waals surface area contributed by atoms with E-state index >= 15 is 0 Å². The standard InChI is InChI=1S/C15H16O4S/c1-11-4-2-5-12(10-11)18-8-3-9-20-14-7-6-13(19-14)15(16)17/h2,4-7,10H,3,8-9H2,1H3,(H,16,17). The predicted octanol–water partition coefficient (Wildman–Crippen LogP) is 3.85. The highest BCUT2D eigenvalue weighted by Crippen LogP contribution is 2.22. The molecular weight excluding hydrogens is 276 g/mol. The molecule has 2 aromatic rings. The van der Waals surface area contributed by atoms with Gasteiger partial charge in [-0.15, -0.1) is 0 Å². The van der Waals surface area contributed by atoms with Gasteiger partial charge < -0.3 is 14.3 Å². The maximum Gasteiger partial charge on any atom is 0.371 e. The SMILES string of the molecule is Cc1cccc(OCCCSc2ccc(C(=O)O)o2)c1. The summed E-state index contributed by atoms with van der Waals surface area (Å²) in [5.74, 6) is 0.627. The monoisotopic (exact) mass is 292 g/mol. The van der Waals surface area contributed by atoms with E-state index in [1.807, 2.05) is 31.2 Å². The Morgan fingerprint density at radius 1 is 1.35 bits per heavy atom. The molecule has 0 aliphatic carbocycles. The molecule has 0 spiro atoms. The van der Waals surface area contributed by atoms with Crippen LogP contribution in [0.5, 0.6) is 5.75 Å². The molecule has 0 aliphatic heterocycles. The minimum absolute atomic E-state index is 0.0245. The molecule has 1 N–H and O–H groups in total. The average Bonchev–Trinajstić information content (AvgIpc) is 2.87. The Balaban J connectivity index is 1.67. The van der Waals surface area contributed by atoms with Crippen molar-refractivity contribution in [3.8, 4) is 5.75 Å². The number of benzene rings is 1. The minimum Gasteiger partial charge on any atom is -0.494 e. The van der Waals surface area contributed by atoms with E-state index in [1.165, 1.54) is 23.4 Å². The fourth-order valence-electron chi connectivity index (χ4n) is 1.64. The number of furan rings is 1. The third kappa shape index (κ3) is 4.35. The lowest BCUT2D eigenvalue weighted by molar-refractivity contribution is 0.0656. The van der Waals surface area contributed by atoms with Gasteiger partial charge in [-0.05, 0) is 43.2 Å². The fraction of sp³-hybridized carbons (Fsp3) is 0.267. The number of carbonyl (C=O) groups is 1. The summed E-state index contributed by atoms with van der Waals surface area (Å²) in [5, 5.41) is 9.36. The number of rotatable bonds is 7. The zero-order chi connectivity index (χ0) is 14.4. The summed E-state index contributed by atoms with van der Waals surface area (Å²) in [7, 11) is 0. The van der Waals surface area contributed by atoms with Gasteiger partial charge in [-0.2, -0.15) is 0 Å². The summed E-state index contributed by atoms with van der Waals surface area (Å²) in [6.45, 7) is 2.66. The van der Waals surface area contributed by atoms with Crippen molar-refractivity contribution in [3.05, 3.63) is 47.7 Å². The van der Waals surface area contributed by atoms with Gasteiger partial charge in [0.15, 0.2) is 5.09 Å². The van der Waals surface area contributed by atoms with Crippen molar-refractivity contribution < 1.29 is 19.1 Å². The van der Waals surface area contributed by atoms with Crippen molar-refractivity contribution in [2.75, 3.05) is 12.4 Å². The van der Waals surface area contributed by atoms with Crippen molar-refractivity contribution in [2.45, 2.75) is 18.4 Å². The number of aromatic carboxylic acids is 1. The number of ether oxygens (including phenoxy) is 1. The first-order chi connectivity index (χ1) is 9.65. The van der Waals surface area contributed by atoms with Crippen molar-refractivity contribution >= 4 is 17.7 Å². The summed E-state index contributed by atoms with van der Waals surface area (Å²) >= 11 is 1.49. The van der Waals surface area contributed by atoms with E-state index in [0.29, 0.717) is 11.7 Å². The van der Waals surface area contributed by atoms with Crippen LogP contribution in [-0.2, 0) is 0 Å². The quantitative estimate of drug-likeness (QED) is 0.620. The minimum atomic E-state index is -1.04. The van der Waals surface area contributed by atoms with Crippen LogP contribution in [0.25, 0.3) is 0 Å². The van der Waals surface area contributed by atoms with Crippen molar-refractivity contribution in [1.29, 1.82) is 0 Å². The lowest BCUT2D eigenvalue weighted by Crippen LogP contribution is -1.98. The van der Waals surface area contributed by atoms with Crippen LogP contribution in [0.15, 0.2) is 45.9 Å². The van der Waals surface area contributed by atoms with Gasteiger partial charge in [0.25, 0.3) is 0 Å². The Morgan fingerprint density at radius 3 is 2.90 bits per heavy atom. The summed E-state index contributed by atoms with van der Waals surface area (Å²) < 4.78 is 10.8. The largest absolute Gasteiger partial charge is 0.494 e. The average molecular weight is 292 g/mol. The molecule has 0 bridgehead atoms. The Labute approximate surface area is 121 Å². The third-order valence-corrected chi connectivity index (χ3v) is 3.58. The molecule has 1 aromatic heterocycles. The van der Waals surface area contributed by atoms with Gasteiger partial charge in [0, 0.05) is 5.75 Å². The summed E-state index contributed by atoms with van der Waals surface area (Å²) in [6, 6.07) is 11.1. The summed E-state index contributed by atoms with van der Waals surface area (Å²) in [6.07, 6.45) is 0.863. The van der Waals surface area contributed by atoms with Crippen molar-refractivity contribution in [2.24, 2.45) is 0 Å². The molecule has 106 valence electrons. The number of thioether (sulfide) groups is 1. The molecule has 20 heavy (non-hydrogen) atoms. The van der Waals surface area contributed by atoms with Gasteiger partial charge in [-0.25, -0.2) is 4.79 Å². The highest BCUT2D eigenvalue weighted by molar-refractivity contribution is 7.99. The van der Waals surface area contributed by atoms with Gasteiger partial charge in [-0.3, -0.25) is 0 Å². The Bertz CT molecular complexity index is 577. The van der Waals surface area contributed by atoms with Gasteiger partial charge in [0.2, 0.25) is 5.76 Å². The van der Waals surface area contributed by atoms with Crippen LogP contribution >= 0.6 is 11.8 Å². The molecule has 0 saturated heterocycles. The zero-order valence-electron chi connectivity index (χ0n) is 11.2. The molecule has 1 aromatic carbocycles. The van der Waals surface area contributed by atoms with Gasteiger partial charge in [0.1, 0.15) is 5.75 Å². The first-order valence-corrected chi connectivity index (χ1v) is 7.29. The fourth-order valence-corrected chi connectivity index (χ4v) is 2.42. The second kappa shape index (κ2) is 7.05. The lowest BCUT2D eigenvalue weighted by Gasteiger charge is -2.06. The van der Waals surface area contributed by atoms with E-state index in [4.69, 9.17) is 14.3 Å². The molecule has 0 radical (unpaired) electrons. The molecule has 0 atom stereocenters. The van der Waals surface area contributed by atoms with E-state index in [-0.39, 0.29) is 5.76 Å². The van der Waals surface area contributed by atoms with Crippen LogP contribution in [0, 0.1) is 6.92 Å². The third-order valence-electron chi connectivity index (χ3n) is 2.58. The van der Waals surface area contributed by atoms with E-state index in [2.05, 4.69) is 0 Å². The second-order valence-corrected chi connectivity index (χ2v) is 5.39. The van der Waals surface area contributed by atoms with Crippen molar-refractivity contribution in [1.82, 2.24) is 0 Å². The van der Waals surface area contributed by atoms with Crippen LogP contribution in [0.4, 0.5) is 0 Å². The molecule has 0 fully saturated rings. The highest BCUT2D eigenvalue weighted by Gasteiger charge is 2.08. The molecule has 0 amide bonds. The maximum atomic E-state index is 10.7. The molecular formula is C15H16O4S. The normalized spacial score (nSPS) is 10.4. The smallest absolute Gasteiger partial charge is 0.371 e. The maximum absolute atomic E-state index is 10.7. The van der Waals surface area contributed by atoms with Crippen LogP contribution in [0.2, 0.25) is 0 Å². The van der Waals surface area contributed by atoms with Gasteiger partial charge >= 0.3 is 5.97 Å². The molecule has 0 unspecified atom stereocenters. The van der Waals surface area contributed by atoms with Gasteiger partial charge in [-0.1, -0.05) is 23.9 Å². The molecule has 2 rings (SSSR count). The summed E-state index contributed by atoms with van der Waals surface area (Å²) in [4.78, 5) is 10.7. The van der Waals surface area contributed by atoms with E-state index in [9.17, 15) is 4.79 Å². The second-order valence-electron chi connectivity index (χ2n) is 4.29. The predicted molar refractivity (Wildman–Crippen MR) is 77.7 cm³/mol. The first-order valence-electron chi connectivity index (χ1n) is 6.30. The molecule has 1 heterocycles. The van der Waals surface area contributed by atoms with Crippen LogP contribution in [-0.4, -0.2) is 23.4 Å². The Kier molecular flexibility index (Phi) is 5.12. The first kappa shape index (κ1) is 14.5. The number of carboxylic acids is 1. The topological polar surface area (TPSA) is 59.7 Å². The van der Waals surface area contributed by atoms with E-state index in [0.717, 1.165) is 17.9 Å². The van der Waals surface area contributed by atoms with Crippen molar-refractivity contribution in [3.63, 3.8) is 0 Å². The molecule has 4 nitrogen and oxygen atoms in total. The van der Waals surface area contributed by atoms with Crippen LogP contribution in [0.3, 0.4) is 0 Å². The molecule has 0 aliphatic rings. The van der Waals surface area contributed by atoms with Gasteiger partial charge in [0.05, 0.1) is 6.61 Å². The molecule has 0 saturated carbocycles. The van der Waals surface area contributed by atoms with E-state index < -0.39 is 5.97 Å².